The van der Waals surface area contributed by atoms with Crippen LogP contribution in [-0.2, 0) is 18.0 Å². The molecule has 0 amide bonds. The third kappa shape index (κ3) is 4.70. The van der Waals surface area contributed by atoms with E-state index in [4.69, 9.17) is 4.98 Å². The molecule has 4 rings (SSSR count). The first-order valence-corrected chi connectivity index (χ1v) is 10.9. The maximum Gasteiger partial charge on any atom is 0.416 e. The quantitative estimate of drug-likeness (QED) is 0.361. The number of anilines is 2. The van der Waals surface area contributed by atoms with Crippen molar-refractivity contribution in [3.05, 3.63) is 86.6 Å². The zero-order chi connectivity index (χ0) is 23.1. The van der Waals surface area contributed by atoms with Crippen LogP contribution in [0.25, 0.3) is 10.9 Å². The summed E-state index contributed by atoms with van der Waals surface area (Å²) in [5.74, 6) is 0. The van der Waals surface area contributed by atoms with Crippen LogP contribution < -0.4 is 10.9 Å². The minimum Gasteiger partial charge on any atom is -0.332 e. The number of alkyl halides is 3. The van der Waals surface area contributed by atoms with Crippen molar-refractivity contribution >= 4 is 33.1 Å². The Morgan fingerprint density at radius 2 is 1.72 bits per heavy atom. The van der Waals surface area contributed by atoms with E-state index in [1.165, 1.54) is 23.5 Å². The predicted octanol–water partition coefficient (Wildman–Crippen LogP) is 6.64. The van der Waals surface area contributed by atoms with Crippen molar-refractivity contribution in [2.24, 2.45) is 0 Å². The van der Waals surface area contributed by atoms with Gasteiger partial charge in [-0.2, -0.15) is 13.2 Å². The fraction of sp³-hybridized carbons (Fsp3) is 0.250. The molecule has 0 unspecified atom stereocenters. The smallest absolute Gasteiger partial charge is 0.332 e. The number of benzene rings is 2. The molecule has 2 aromatic heterocycles. The van der Waals surface area contributed by atoms with E-state index in [0.717, 1.165) is 33.6 Å². The van der Waals surface area contributed by atoms with Crippen molar-refractivity contribution in [3.8, 4) is 0 Å². The van der Waals surface area contributed by atoms with Crippen LogP contribution in [0.3, 0.4) is 0 Å². The number of halogens is 3. The largest absolute Gasteiger partial charge is 0.416 e. The summed E-state index contributed by atoms with van der Waals surface area (Å²) >= 11 is 1.40. The van der Waals surface area contributed by atoms with Crippen LogP contribution in [0.15, 0.2) is 59.4 Å². The Morgan fingerprint density at radius 1 is 1.03 bits per heavy atom. The van der Waals surface area contributed by atoms with Gasteiger partial charge >= 0.3 is 6.18 Å². The normalized spacial score (nSPS) is 12.3. The Kier molecular flexibility index (Phi) is 5.58. The van der Waals surface area contributed by atoms with Crippen molar-refractivity contribution in [2.75, 3.05) is 5.32 Å². The minimum atomic E-state index is -4.38. The topological polar surface area (TPSA) is 57.8 Å². The molecule has 0 fully saturated rings. The van der Waals surface area contributed by atoms with Crippen LogP contribution >= 0.6 is 11.3 Å². The maximum absolute atomic E-state index is 12.8. The highest BCUT2D eigenvalue weighted by atomic mass is 32.1. The second kappa shape index (κ2) is 8.09. The monoisotopic (exact) mass is 457 g/mol. The van der Waals surface area contributed by atoms with Gasteiger partial charge in [-0.3, -0.25) is 4.79 Å². The molecule has 166 valence electrons. The third-order valence-electron chi connectivity index (χ3n) is 5.05. The molecule has 2 aromatic carbocycles. The zero-order valence-corrected chi connectivity index (χ0v) is 18.6. The molecule has 0 saturated heterocycles. The number of pyridine rings is 1. The Balaban J connectivity index is 1.66. The summed E-state index contributed by atoms with van der Waals surface area (Å²) in [5, 5.41) is 4.62. The number of thiazole rings is 1. The van der Waals surface area contributed by atoms with Crippen molar-refractivity contribution < 1.29 is 13.2 Å². The first-order valence-electron chi connectivity index (χ1n) is 10.1. The number of nitrogens with one attached hydrogen (secondary N) is 2. The molecule has 2 heterocycles. The Labute approximate surface area is 187 Å². The molecule has 32 heavy (non-hydrogen) atoms. The molecular weight excluding hydrogens is 435 g/mol. The number of H-pyrrole nitrogens is 1. The van der Waals surface area contributed by atoms with Gasteiger partial charge in [-0.15, -0.1) is 11.3 Å². The van der Waals surface area contributed by atoms with E-state index in [-0.39, 0.29) is 11.0 Å². The molecule has 2 N–H and O–H groups in total. The first-order chi connectivity index (χ1) is 15.0. The molecule has 4 nitrogen and oxygen atoms in total. The van der Waals surface area contributed by atoms with Gasteiger partial charge in [0.05, 0.1) is 11.3 Å². The van der Waals surface area contributed by atoms with Gasteiger partial charge < -0.3 is 10.3 Å². The Morgan fingerprint density at radius 3 is 2.38 bits per heavy atom. The van der Waals surface area contributed by atoms with Gasteiger partial charge in [0.25, 0.3) is 5.56 Å². The van der Waals surface area contributed by atoms with Gasteiger partial charge in [-0.05, 0) is 41.8 Å². The number of para-hydroxylation sites is 1. The lowest BCUT2D eigenvalue weighted by atomic mass is 9.90. The van der Waals surface area contributed by atoms with E-state index < -0.39 is 11.7 Å². The third-order valence-corrected chi connectivity index (χ3v) is 6.02. The highest BCUT2D eigenvalue weighted by Crippen LogP contribution is 2.35. The average Bonchev–Trinajstić information content (AvgIpc) is 3.11. The minimum absolute atomic E-state index is 0.144. The maximum atomic E-state index is 12.8. The molecule has 0 aliphatic carbocycles. The highest BCUT2D eigenvalue weighted by Gasteiger charge is 2.30. The van der Waals surface area contributed by atoms with E-state index in [0.29, 0.717) is 22.8 Å². The average molecular weight is 458 g/mol. The number of aromatic amines is 1. The van der Waals surface area contributed by atoms with Crippen molar-refractivity contribution in [1.29, 1.82) is 0 Å². The fourth-order valence-electron chi connectivity index (χ4n) is 3.47. The van der Waals surface area contributed by atoms with E-state index in [1.807, 2.05) is 51.1 Å². The molecule has 0 aliphatic heterocycles. The van der Waals surface area contributed by atoms with E-state index >= 15 is 0 Å². The first kappa shape index (κ1) is 22.1. The van der Waals surface area contributed by atoms with E-state index in [9.17, 15) is 18.0 Å². The molecular formula is C24H22F3N3OS. The number of aromatic nitrogens is 2. The van der Waals surface area contributed by atoms with Crippen molar-refractivity contribution in [1.82, 2.24) is 9.97 Å². The van der Waals surface area contributed by atoms with Crippen molar-refractivity contribution in [2.45, 2.75) is 38.8 Å². The molecule has 0 aliphatic rings. The number of fused-ring (bicyclic) bond motifs is 1. The molecule has 0 radical (unpaired) electrons. The van der Waals surface area contributed by atoms with Gasteiger partial charge in [-0.25, -0.2) is 4.98 Å². The summed E-state index contributed by atoms with van der Waals surface area (Å²) in [5.41, 5.74) is 1.68. The standard InChI is InChI=1S/C24H22F3N3OS/c1-23(2,3)20-19(13-15-12-14-6-4-5-7-18(14)29-21(15)31)32-22(30-20)28-17-10-8-16(9-11-17)24(25,26)27/h4-12H,13H2,1-3H3,(H,28,30)(H,29,31). The van der Waals surface area contributed by atoms with Crippen LogP contribution in [-0.4, -0.2) is 9.97 Å². The zero-order valence-electron chi connectivity index (χ0n) is 17.8. The van der Waals surface area contributed by atoms with Gasteiger partial charge in [-0.1, -0.05) is 39.0 Å². The van der Waals surface area contributed by atoms with Gasteiger partial charge in [0.15, 0.2) is 5.13 Å². The lowest BCUT2D eigenvalue weighted by Gasteiger charge is -2.17. The van der Waals surface area contributed by atoms with Crippen LogP contribution in [0, 0.1) is 0 Å². The summed E-state index contributed by atoms with van der Waals surface area (Å²) in [6.45, 7) is 6.12. The van der Waals surface area contributed by atoms with Gasteiger partial charge in [0, 0.05) is 33.5 Å². The predicted molar refractivity (Wildman–Crippen MR) is 123 cm³/mol. The van der Waals surface area contributed by atoms with Crippen LogP contribution in [0.2, 0.25) is 0 Å². The summed E-state index contributed by atoms with van der Waals surface area (Å²) in [7, 11) is 0. The Hall–Kier alpha value is -3.13. The molecule has 0 bridgehead atoms. The number of nitrogens with zero attached hydrogens (tertiary/aromatic N) is 1. The lowest BCUT2D eigenvalue weighted by molar-refractivity contribution is -0.137. The second-order valence-electron chi connectivity index (χ2n) is 8.63. The summed E-state index contributed by atoms with van der Waals surface area (Å²) < 4.78 is 38.4. The second-order valence-corrected chi connectivity index (χ2v) is 9.71. The van der Waals surface area contributed by atoms with Crippen molar-refractivity contribution in [3.63, 3.8) is 0 Å². The fourth-order valence-corrected chi connectivity index (χ4v) is 4.69. The lowest BCUT2D eigenvalue weighted by Crippen LogP contribution is -2.17. The summed E-state index contributed by atoms with van der Waals surface area (Å²) in [6, 6.07) is 14.3. The number of rotatable bonds is 4. The van der Waals surface area contributed by atoms with E-state index in [1.54, 1.807) is 0 Å². The van der Waals surface area contributed by atoms with Gasteiger partial charge in [0.2, 0.25) is 0 Å². The van der Waals surface area contributed by atoms with Crippen LogP contribution in [0.1, 0.15) is 42.5 Å². The van der Waals surface area contributed by atoms with E-state index in [2.05, 4.69) is 10.3 Å². The highest BCUT2D eigenvalue weighted by molar-refractivity contribution is 7.15. The van der Waals surface area contributed by atoms with Crippen LogP contribution in [0.5, 0.6) is 0 Å². The summed E-state index contributed by atoms with van der Waals surface area (Å²) in [6.07, 6.45) is -3.96. The SMILES string of the molecule is CC(C)(C)c1nc(Nc2ccc(C(F)(F)F)cc2)sc1Cc1cc2ccccc2[nH]c1=O. The number of hydrogen-bond acceptors (Lipinski definition) is 4. The molecule has 4 aromatic rings. The summed E-state index contributed by atoms with van der Waals surface area (Å²) in [4.78, 5) is 21.2. The van der Waals surface area contributed by atoms with Crippen LogP contribution in [0.4, 0.5) is 24.0 Å². The Bertz CT molecular complexity index is 1320. The molecule has 8 heteroatoms. The van der Waals surface area contributed by atoms with Gasteiger partial charge in [0.1, 0.15) is 0 Å². The molecule has 0 spiro atoms. The molecule has 0 saturated carbocycles. The number of hydrogen-bond donors (Lipinski definition) is 2. The molecule has 0 atom stereocenters.